The van der Waals surface area contributed by atoms with Gasteiger partial charge in [-0.15, -0.1) is 0 Å². The number of nitrogens with two attached hydrogens (primary N) is 1. The summed E-state index contributed by atoms with van der Waals surface area (Å²) in [7, 11) is 0. The first-order valence-corrected chi connectivity index (χ1v) is 8.22. The van der Waals surface area contributed by atoms with Crippen LogP contribution in [0.25, 0.3) is 10.9 Å². The average molecular weight is 316 g/mol. The summed E-state index contributed by atoms with van der Waals surface area (Å²) in [5, 5.41) is 9.70. The van der Waals surface area contributed by atoms with E-state index in [1.165, 1.54) is 0 Å². The van der Waals surface area contributed by atoms with E-state index in [2.05, 4.69) is 14.9 Å². The molecule has 0 saturated carbocycles. The summed E-state index contributed by atoms with van der Waals surface area (Å²) in [6.07, 6.45) is 3.04. The molecule has 0 atom stereocenters. The Morgan fingerprint density at radius 1 is 1.22 bits per heavy atom. The normalized spacial score (nSPS) is 16.9. The Hall–Kier alpha value is -1.76. The molecule has 23 heavy (non-hydrogen) atoms. The first-order valence-electron chi connectivity index (χ1n) is 8.22. The summed E-state index contributed by atoms with van der Waals surface area (Å²) in [5.74, 6) is 1.33. The van der Waals surface area contributed by atoms with Crippen molar-refractivity contribution < 1.29 is 9.84 Å². The summed E-state index contributed by atoms with van der Waals surface area (Å²) in [6.45, 7) is 3.50. The number of hydrogen-bond acceptors (Lipinski definition) is 6. The summed E-state index contributed by atoms with van der Waals surface area (Å²) in [5.41, 5.74) is 6.94. The van der Waals surface area contributed by atoms with Crippen LogP contribution in [-0.4, -0.2) is 52.4 Å². The maximum atomic E-state index is 8.79. The molecule has 3 N–H and O–H groups in total. The monoisotopic (exact) mass is 316 g/mol. The molecule has 1 saturated heterocycles. The number of nitrogen functional groups attached to an aromatic ring is 1. The highest BCUT2D eigenvalue weighted by Crippen LogP contribution is 2.19. The summed E-state index contributed by atoms with van der Waals surface area (Å²) >= 11 is 0. The van der Waals surface area contributed by atoms with Crippen molar-refractivity contribution in [2.45, 2.75) is 31.9 Å². The standard InChI is InChI=1S/C17H24N4O2/c18-17-14-4-1-2-5-15(14)19-16(20-17)12-21-8-6-13(7-9-21)23-11-3-10-22/h1-2,4-5,13,22H,3,6-12H2,(H2,18,19,20). The summed E-state index contributed by atoms with van der Waals surface area (Å²) in [6, 6.07) is 7.83. The second-order valence-electron chi connectivity index (χ2n) is 5.97. The molecule has 2 aromatic rings. The van der Waals surface area contributed by atoms with Crippen LogP contribution in [0.15, 0.2) is 24.3 Å². The van der Waals surface area contributed by atoms with Crippen LogP contribution in [0.4, 0.5) is 5.82 Å². The first-order chi connectivity index (χ1) is 11.3. The molecule has 0 spiro atoms. The third-order valence-corrected chi connectivity index (χ3v) is 4.23. The number of aliphatic hydroxyl groups excluding tert-OH is 1. The van der Waals surface area contributed by atoms with Gasteiger partial charge >= 0.3 is 0 Å². The zero-order chi connectivity index (χ0) is 16.1. The lowest BCUT2D eigenvalue weighted by molar-refractivity contribution is 0.000368. The van der Waals surface area contributed by atoms with Crippen molar-refractivity contribution in [3.8, 4) is 0 Å². The van der Waals surface area contributed by atoms with Crippen molar-refractivity contribution in [2.75, 3.05) is 32.0 Å². The van der Waals surface area contributed by atoms with Crippen LogP contribution in [-0.2, 0) is 11.3 Å². The highest BCUT2D eigenvalue weighted by Gasteiger charge is 2.20. The van der Waals surface area contributed by atoms with Crippen LogP contribution < -0.4 is 5.73 Å². The number of ether oxygens (including phenoxy) is 1. The zero-order valence-corrected chi connectivity index (χ0v) is 13.3. The molecule has 124 valence electrons. The van der Waals surface area contributed by atoms with Crippen LogP contribution in [0.2, 0.25) is 0 Å². The Balaban J connectivity index is 1.56. The van der Waals surface area contributed by atoms with Gasteiger partial charge in [-0.3, -0.25) is 4.90 Å². The highest BCUT2D eigenvalue weighted by atomic mass is 16.5. The number of fused-ring (bicyclic) bond motifs is 1. The molecule has 0 aliphatic carbocycles. The molecular weight excluding hydrogens is 292 g/mol. The van der Waals surface area contributed by atoms with Crippen LogP contribution >= 0.6 is 0 Å². The van der Waals surface area contributed by atoms with Gasteiger partial charge in [-0.1, -0.05) is 12.1 Å². The zero-order valence-electron chi connectivity index (χ0n) is 13.3. The molecule has 6 nitrogen and oxygen atoms in total. The van der Waals surface area contributed by atoms with E-state index in [-0.39, 0.29) is 6.61 Å². The maximum absolute atomic E-state index is 8.79. The summed E-state index contributed by atoms with van der Waals surface area (Å²) in [4.78, 5) is 11.4. The Kier molecular flexibility index (Phi) is 5.38. The van der Waals surface area contributed by atoms with E-state index in [1.54, 1.807) is 0 Å². The SMILES string of the molecule is Nc1nc(CN2CCC(OCCCO)CC2)nc2ccccc12. The minimum Gasteiger partial charge on any atom is -0.396 e. The van der Waals surface area contributed by atoms with Gasteiger partial charge in [0.05, 0.1) is 18.2 Å². The van der Waals surface area contributed by atoms with E-state index in [9.17, 15) is 0 Å². The number of aliphatic hydroxyl groups is 1. The van der Waals surface area contributed by atoms with Crippen molar-refractivity contribution >= 4 is 16.7 Å². The molecule has 1 aromatic heterocycles. The van der Waals surface area contributed by atoms with Gasteiger partial charge in [-0.2, -0.15) is 0 Å². The first kappa shape index (κ1) is 16.1. The predicted octanol–water partition coefficient (Wildman–Crippen LogP) is 1.58. The van der Waals surface area contributed by atoms with Crippen LogP contribution in [0.1, 0.15) is 25.1 Å². The van der Waals surface area contributed by atoms with E-state index in [0.717, 1.165) is 49.2 Å². The Morgan fingerprint density at radius 2 is 2.00 bits per heavy atom. The highest BCUT2D eigenvalue weighted by molar-refractivity contribution is 5.87. The van der Waals surface area contributed by atoms with E-state index in [0.29, 0.717) is 24.9 Å². The Morgan fingerprint density at radius 3 is 2.78 bits per heavy atom. The second-order valence-corrected chi connectivity index (χ2v) is 5.97. The number of rotatable bonds is 6. The fourth-order valence-electron chi connectivity index (χ4n) is 2.97. The molecule has 0 amide bonds. The molecule has 2 heterocycles. The van der Waals surface area contributed by atoms with Crippen LogP contribution in [0.3, 0.4) is 0 Å². The van der Waals surface area contributed by atoms with Gasteiger partial charge < -0.3 is 15.6 Å². The Labute approximate surface area is 136 Å². The van der Waals surface area contributed by atoms with Gasteiger partial charge in [0.25, 0.3) is 0 Å². The van der Waals surface area contributed by atoms with Crippen molar-refractivity contribution in [1.29, 1.82) is 0 Å². The van der Waals surface area contributed by atoms with Crippen LogP contribution in [0.5, 0.6) is 0 Å². The fourth-order valence-corrected chi connectivity index (χ4v) is 2.97. The quantitative estimate of drug-likeness (QED) is 0.787. The average Bonchev–Trinajstić information content (AvgIpc) is 2.57. The third kappa shape index (κ3) is 4.16. The number of hydrogen-bond donors (Lipinski definition) is 2. The molecule has 1 aromatic carbocycles. The van der Waals surface area contributed by atoms with Crippen molar-refractivity contribution in [1.82, 2.24) is 14.9 Å². The molecule has 0 radical (unpaired) electrons. The molecule has 0 bridgehead atoms. The number of nitrogens with zero attached hydrogens (tertiary/aromatic N) is 3. The van der Waals surface area contributed by atoms with Gasteiger partial charge in [-0.05, 0) is 31.4 Å². The molecule has 6 heteroatoms. The predicted molar refractivity (Wildman–Crippen MR) is 89.9 cm³/mol. The number of benzene rings is 1. The number of aromatic nitrogens is 2. The lowest BCUT2D eigenvalue weighted by Crippen LogP contribution is -2.37. The third-order valence-electron chi connectivity index (χ3n) is 4.23. The molecule has 3 rings (SSSR count). The van der Waals surface area contributed by atoms with Gasteiger partial charge in [0.15, 0.2) is 0 Å². The van der Waals surface area contributed by atoms with Gasteiger partial charge in [-0.25, -0.2) is 9.97 Å². The number of anilines is 1. The van der Waals surface area contributed by atoms with Gasteiger partial charge in [0, 0.05) is 31.7 Å². The number of likely N-dealkylation sites (tertiary alicyclic amines) is 1. The van der Waals surface area contributed by atoms with Crippen molar-refractivity contribution in [2.24, 2.45) is 0 Å². The number of para-hydroxylation sites is 1. The lowest BCUT2D eigenvalue weighted by atomic mass is 10.1. The molecule has 1 fully saturated rings. The largest absolute Gasteiger partial charge is 0.396 e. The molecule has 1 aliphatic rings. The maximum Gasteiger partial charge on any atom is 0.145 e. The molecule has 1 aliphatic heterocycles. The topological polar surface area (TPSA) is 84.5 Å². The molecular formula is C17H24N4O2. The Bertz CT molecular complexity index is 642. The second kappa shape index (κ2) is 7.68. The van der Waals surface area contributed by atoms with E-state index in [1.807, 2.05) is 24.3 Å². The minimum atomic E-state index is 0.194. The fraction of sp³-hybridized carbons (Fsp3) is 0.529. The number of piperidine rings is 1. The van der Waals surface area contributed by atoms with E-state index < -0.39 is 0 Å². The van der Waals surface area contributed by atoms with Crippen molar-refractivity contribution in [3.05, 3.63) is 30.1 Å². The summed E-state index contributed by atoms with van der Waals surface area (Å²) < 4.78 is 5.76. The van der Waals surface area contributed by atoms with E-state index in [4.69, 9.17) is 15.6 Å². The smallest absolute Gasteiger partial charge is 0.145 e. The van der Waals surface area contributed by atoms with E-state index >= 15 is 0 Å². The molecule has 0 unspecified atom stereocenters. The van der Waals surface area contributed by atoms with Crippen LogP contribution in [0, 0.1) is 0 Å². The lowest BCUT2D eigenvalue weighted by Gasteiger charge is -2.31. The van der Waals surface area contributed by atoms with Crippen molar-refractivity contribution in [3.63, 3.8) is 0 Å². The minimum absolute atomic E-state index is 0.194. The van der Waals surface area contributed by atoms with Gasteiger partial charge in [0.2, 0.25) is 0 Å². The van der Waals surface area contributed by atoms with Gasteiger partial charge in [0.1, 0.15) is 11.6 Å².